The molecular formula is C19H20N4O. The Labute approximate surface area is 142 Å². The number of nitriles is 1. The summed E-state index contributed by atoms with van der Waals surface area (Å²) in [6.07, 6.45) is 5.67. The molecule has 1 amide bonds. The van der Waals surface area contributed by atoms with Gasteiger partial charge >= 0.3 is 0 Å². The zero-order valence-corrected chi connectivity index (χ0v) is 13.8. The smallest absolute Gasteiger partial charge is 0.263 e. The van der Waals surface area contributed by atoms with Crippen LogP contribution in [0.3, 0.4) is 0 Å². The van der Waals surface area contributed by atoms with Crippen LogP contribution in [-0.4, -0.2) is 10.9 Å². The lowest BCUT2D eigenvalue weighted by atomic mass is 10.1. The molecule has 2 aromatic rings. The molecule has 5 heteroatoms. The highest BCUT2D eigenvalue weighted by Gasteiger charge is 2.09. The summed E-state index contributed by atoms with van der Waals surface area (Å²) in [6, 6.07) is 11.6. The van der Waals surface area contributed by atoms with E-state index in [-0.39, 0.29) is 5.57 Å². The summed E-state index contributed by atoms with van der Waals surface area (Å²) >= 11 is 0. The van der Waals surface area contributed by atoms with E-state index in [1.807, 2.05) is 37.3 Å². The van der Waals surface area contributed by atoms with Crippen molar-refractivity contribution in [2.24, 2.45) is 0 Å². The van der Waals surface area contributed by atoms with Gasteiger partial charge < -0.3 is 10.6 Å². The van der Waals surface area contributed by atoms with Crippen LogP contribution in [0.15, 0.2) is 54.5 Å². The molecular weight excluding hydrogens is 300 g/mol. The van der Waals surface area contributed by atoms with E-state index in [0.717, 1.165) is 28.8 Å². The first-order chi connectivity index (χ1) is 11.7. The van der Waals surface area contributed by atoms with Crippen molar-refractivity contribution >= 4 is 11.6 Å². The van der Waals surface area contributed by atoms with Crippen molar-refractivity contribution in [3.63, 3.8) is 0 Å². The Morgan fingerprint density at radius 2 is 2.17 bits per heavy atom. The van der Waals surface area contributed by atoms with Crippen molar-refractivity contribution in [3.05, 3.63) is 71.2 Å². The highest BCUT2D eigenvalue weighted by Crippen LogP contribution is 2.21. The maximum absolute atomic E-state index is 12.1. The van der Waals surface area contributed by atoms with E-state index in [1.165, 1.54) is 6.20 Å². The van der Waals surface area contributed by atoms with Crippen LogP contribution < -0.4 is 10.6 Å². The average Bonchev–Trinajstić information content (AvgIpc) is 2.62. The molecule has 2 N–H and O–H groups in total. The Morgan fingerprint density at radius 1 is 1.33 bits per heavy atom. The molecule has 0 unspecified atom stereocenters. The summed E-state index contributed by atoms with van der Waals surface area (Å²) in [5, 5.41) is 15.1. The van der Waals surface area contributed by atoms with Gasteiger partial charge in [0.2, 0.25) is 0 Å². The molecule has 0 spiro atoms. The normalized spacial score (nSPS) is 10.8. The van der Waals surface area contributed by atoms with Crippen molar-refractivity contribution in [1.29, 1.82) is 5.26 Å². The van der Waals surface area contributed by atoms with Crippen LogP contribution in [0.1, 0.15) is 23.6 Å². The largest absolute Gasteiger partial charge is 0.360 e. The predicted molar refractivity (Wildman–Crippen MR) is 94.0 cm³/mol. The lowest BCUT2D eigenvalue weighted by Crippen LogP contribution is -2.24. The third kappa shape index (κ3) is 4.43. The minimum Gasteiger partial charge on any atom is -0.360 e. The van der Waals surface area contributed by atoms with E-state index in [2.05, 4.69) is 22.5 Å². The molecule has 0 bridgehead atoms. The second kappa shape index (κ2) is 8.49. The number of benzene rings is 1. The van der Waals surface area contributed by atoms with Gasteiger partial charge in [0, 0.05) is 30.8 Å². The fraction of sp³-hybridized carbons (Fsp3) is 0.211. The number of carbonyl (C=O) groups excluding carboxylic acids is 1. The van der Waals surface area contributed by atoms with Gasteiger partial charge in [-0.15, -0.1) is 0 Å². The summed E-state index contributed by atoms with van der Waals surface area (Å²) in [6.45, 7) is 4.38. The number of carbonyl (C=O) groups is 1. The Kier molecular flexibility index (Phi) is 6.09. The van der Waals surface area contributed by atoms with Crippen LogP contribution in [-0.2, 0) is 17.8 Å². The predicted octanol–water partition coefficient (Wildman–Crippen LogP) is 3.09. The first-order valence-corrected chi connectivity index (χ1v) is 7.78. The van der Waals surface area contributed by atoms with Gasteiger partial charge in [0.05, 0.1) is 0 Å². The maximum atomic E-state index is 12.1. The van der Waals surface area contributed by atoms with Gasteiger partial charge in [-0.1, -0.05) is 31.2 Å². The minimum atomic E-state index is -0.416. The van der Waals surface area contributed by atoms with Gasteiger partial charge in [0.25, 0.3) is 5.91 Å². The zero-order valence-electron chi connectivity index (χ0n) is 13.8. The number of hydrogen-bond donors (Lipinski definition) is 2. The SMILES string of the molecule is CCc1cccc(C)c1N/C=C(/C#N)C(=O)NCc1cccnc1. The minimum absolute atomic E-state index is 0.0317. The van der Waals surface area contributed by atoms with E-state index in [4.69, 9.17) is 0 Å². The number of amides is 1. The maximum Gasteiger partial charge on any atom is 0.263 e. The molecule has 122 valence electrons. The van der Waals surface area contributed by atoms with Crippen LogP contribution in [0.2, 0.25) is 0 Å². The highest BCUT2D eigenvalue weighted by molar-refractivity contribution is 5.97. The molecule has 5 nitrogen and oxygen atoms in total. The van der Waals surface area contributed by atoms with Crippen molar-refractivity contribution < 1.29 is 4.79 Å². The van der Waals surface area contributed by atoms with E-state index in [0.29, 0.717) is 6.54 Å². The monoisotopic (exact) mass is 320 g/mol. The summed E-state index contributed by atoms with van der Waals surface area (Å²) in [5.41, 5.74) is 4.05. The molecule has 2 rings (SSSR count). The molecule has 1 aromatic heterocycles. The van der Waals surface area contributed by atoms with Gasteiger partial charge in [-0.2, -0.15) is 5.26 Å². The lowest BCUT2D eigenvalue weighted by Gasteiger charge is -2.11. The van der Waals surface area contributed by atoms with E-state index in [9.17, 15) is 10.1 Å². The van der Waals surface area contributed by atoms with Crippen molar-refractivity contribution in [3.8, 4) is 6.07 Å². The molecule has 24 heavy (non-hydrogen) atoms. The van der Waals surface area contributed by atoms with Gasteiger partial charge in [0.15, 0.2) is 0 Å². The van der Waals surface area contributed by atoms with Gasteiger partial charge in [0.1, 0.15) is 11.6 Å². The Bertz CT molecular complexity index is 776. The Balaban J connectivity index is 2.07. The van der Waals surface area contributed by atoms with Crippen molar-refractivity contribution in [2.45, 2.75) is 26.8 Å². The molecule has 0 aliphatic carbocycles. The van der Waals surface area contributed by atoms with Crippen molar-refractivity contribution in [1.82, 2.24) is 10.3 Å². The summed E-state index contributed by atoms with van der Waals surface area (Å²) in [4.78, 5) is 16.1. The van der Waals surface area contributed by atoms with Crippen molar-refractivity contribution in [2.75, 3.05) is 5.32 Å². The molecule has 0 radical (unpaired) electrons. The molecule has 1 aromatic carbocycles. The fourth-order valence-electron chi connectivity index (χ4n) is 2.30. The van der Waals surface area contributed by atoms with E-state index < -0.39 is 5.91 Å². The van der Waals surface area contributed by atoms with Crippen LogP contribution in [0.5, 0.6) is 0 Å². The van der Waals surface area contributed by atoms with Crippen LogP contribution >= 0.6 is 0 Å². The van der Waals surface area contributed by atoms with Gasteiger partial charge in [-0.25, -0.2) is 0 Å². The highest BCUT2D eigenvalue weighted by atomic mass is 16.1. The van der Waals surface area contributed by atoms with Crippen LogP contribution in [0.25, 0.3) is 0 Å². The summed E-state index contributed by atoms with van der Waals surface area (Å²) in [5.74, 6) is -0.416. The number of rotatable bonds is 6. The quantitative estimate of drug-likeness (QED) is 0.633. The number of anilines is 1. The first kappa shape index (κ1) is 17.2. The lowest BCUT2D eigenvalue weighted by molar-refractivity contribution is -0.117. The van der Waals surface area contributed by atoms with Gasteiger partial charge in [-0.3, -0.25) is 9.78 Å². The number of aromatic nitrogens is 1. The van der Waals surface area contributed by atoms with Crippen LogP contribution in [0.4, 0.5) is 5.69 Å². The number of nitrogens with zero attached hydrogens (tertiary/aromatic N) is 2. The van der Waals surface area contributed by atoms with Crippen LogP contribution in [0, 0.1) is 18.3 Å². The number of aryl methyl sites for hydroxylation is 2. The topological polar surface area (TPSA) is 77.8 Å². The molecule has 0 saturated heterocycles. The third-order valence-corrected chi connectivity index (χ3v) is 3.64. The molecule has 0 fully saturated rings. The molecule has 0 saturated carbocycles. The van der Waals surface area contributed by atoms with E-state index >= 15 is 0 Å². The first-order valence-electron chi connectivity index (χ1n) is 7.78. The Hall–Kier alpha value is -3.13. The van der Waals surface area contributed by atoms with Gasteiger partial charge in [-0.05, 0) is 36.1 Å². The molecule has 0 atom stereocenters. The molecule has 0 aliphatic rings. The average molecular weight is 320 g/mol. The summed E-state index contributed by atoms with van der Waals surface area (Å²) < 4.78 is 0. The second-order valence-electron chi connectivity index (χ2n) is 5.32. The number of para-hydroxylation sites is 1. The zero-order chi connectivity index (χ0) is 17.4. The number of hydrogen-bond acceptors (Lipinski definition) is 4. The fourth-order valence-corrected chi connectivity index (χ4v) is 2.30. The molecule has 1 heterocycles. The number of pyridine rings is 1. The Morgan fingerprint density at radius 3 is 2.83 bits per heavy atom. The molecule has 0 aliphatic heterocycles. The number of nitrogens with one attached hydrogen (secondary N) is 2. The summed E-state index contributed by atoms with van der Waals surface area (Å²) in [7, 11) is 0. The standard InChI is InChI=1S/C19H20N4O/c1-3-16-8-4-6-14(2)18(16)22-13-17(10-20)19(24)23-12-15-7-5-9-21-11-15/h4-9,11,13,22H,3,12H2,1-2H3,(H,23,24)/b17-13-. The second-order valence-corrected chi connectivity index (χ2v) is 5.32. The third-order valence-electron chi connectivity index (χ3n) is 3.64. The van der Waals surface area contributed by atoms with E-state index in [1.54, 1.807) is 18.5 Å².